The number of sulfone groups is 1. The van der Waals surface area contributed by atoms with Gasteiger partial charge in [0.2, 0.25) is 5.91 Å². The van der Waals surface area contributed by atoms with Gasteiger partial charge in [-0.05, 0) is 96.5 Å². The van der Waals surface area contributed by atoms with Crippen molar-refractivity contribution in [1.82, 2.24) is 0 Å². The molecule has 0 spiro atoms. The molecule has 1 aliphatic heterocycles. The lowest BCUT2D eigenvalue weighted by atomic mass is 9.78. The second kappa shape index (κ2) is 22.7. The minimum Gasteiger partial charge on any atom is -0.458 e. The van der Waals surface area contributed by atoms with Gasteiger partial charge in [-0.1, -0.05) is 109 Å². The number of hydrogen-bond donors (Lipinski definition) is 1. The summed E-state index contributed by atoms with van der Waals surface area (Å²) < 4.78 is 53.0. The molecular weight excluding hydrogens is 862 g/mol. The summed E-state index contributed by atoms with van der Waals surface area (Å²) in [5.74, 6) is 7.97. The Morgan fingerprint density at radius 3 is 1.85 bits per heavy atom. The second-order valence-electron chi connectivity index (χ2n) is 16.0. The lowest BCUT2D eigenvalue weighted by Crippen LogP contribution is -2.55. The van der Waals surface area contributed by atoms with Crippen molar-refractivity contribution in [3.05, 3.63) is 173 Å². The van der Waals surface area contributed by atoms with Crippen molar-refractivity contribution in [3.63, 3.8) is 0 Å². The van der Waals surface area contributed by atoms with Gasteiger partial charge in [0.05, 0.1) is 18.4 Å². The fourth-order valence-corrected chi connectivity index (χ4v) is 8.13. The van der Waals surface area contributed by atoms with Crippen molar-refractivity contribution in [1.29, 1.82) is 0 Å². The van der Waals surface area contributed by atoms with Crippen molar-refractivity contribution in [2.75, 3.05) is 16.9 Å². The van der Waals surface area contributed by atoms with Gasteiger partial charge in [0.15, 0.2) is 0 Å². The van der Waals surface area contributed by atoms with E-state index in [1.54, 1.807) is 89.8 Å². The number of nitrogens with zero attached hydrogens (tertiary/aromatic N) is 1. The number of hydrogen-bond acceptors (Lipinski definition) is 10. The Morgan fingerprint density at radius 1 is 0.758 bits per heavy atom. The van der Waals surface area contributed by atoms with Crippen molar-refractivity contribution in [3.8, 4) is 23.7 Å². The first-order chi connectivity index (χ1) is 31.7. The second-order valence-corrected chi connectivity index (χ2v) is 18.3. The number of unbranched alkanes of at least 4 members (excludes halogenated alkanes) is 2. The zero-order valence-corrected chi connectivity index (χ0v) is 37.5. The maximum Gasteiger partial charge on any atom is 0.351 e. The molecule has 13 heteroatoms. The molecule has 6 rings (SSSR count). The molecule has 340 valence electrons. The topological polar surface area (TPSA) is 154 Å². The molecule has 1 N–H and O–H groups in total. The first-order valence-corrected chi connectivity index (χ1v) is 23.5. The number of benzene rings is 5. The number of halogens is 1. The summed E-state index contributed by atoms with van der Waals surface area (Å²) in [4.78, 5) is 54.5. The van der Waals surface area contributed by atoms with Gasteiger partial charge in [-0.25, -0.2) is 22.4 Å². The van der Waals surface area contributed by atoms with E-state index in [1.807, 2.05) is 36.4 Å². The van der Waals surface area contributed by atoms with E-state index in [4.69, 9.17) is 14.2 Å². The van der Waals surface area contributed by atoms with E-state index in [1.165, 1.54) is 25.3 Å². The van der Waals surface area contributed by atoms with Crippen LogP contribution in [0.4, 0.5) is 10.1 Å². The fourth-order valence-electron chi connectivity index (χ4n) is 7.40. The molecule has 66 heavy (non-hydrogen) atoms. The molecule has 5 aromatic rings. The predicted molar refractivity (Wildman–Crippen MR) is 246 cm³/mol. The van der Waals surface area contributed by atoms with Gasteiger partial charge in [0, 0.05) is 42.2 Å². The Kier molecular flexibility index (Phi) is 16.7. The number of β-lactam (4-membered cyclic amide) rings is 1. The normalized spacial score (nSPS) is 14.9. The third kappa shape index (κ3) is 13.5. The molecule has 1 amide bonds. The number of amides is 1. The largest absolute Gasteiger partial charge is 0.458 e. The van der Waals surface area contributed by atoms with Gasteiger partial charge in [0.1, 0.15) is 35.0 Å². The number of carbonyl (C=O) groups is 4. The van der Waals surface area contributed by atoms with Crippen LogP contribution in [0.2, 0.25) is 0 Å². The minimum absolute atomic E-state index is 0.119. The fraction of sp³-hybridized carbons (Fsp3) is 0.283. The summed E-state index contributed by atoms with van der Waals surface area (Å²) >= 11 is 0. The van der Waals surface area contributed by atoms with E-state index >= 15 is 0 Å². The molecule has 1 heterocycles. The number of ether oxygens (including phenoxy) is 3. The smallest absolute Gasteiger partial charge is 0.351 e. The highest BCUT2D eigenvalue weighted by Crippen LogP contribution is 2.46. The van der Waals surface area contributed by atoms with E-state index in [0.29, 0.717) is 60.0 Å². The van der Waals surface area contributed by atoms with Gasteiger partial charge in [-0.15, -0.1) is 0 Å². The molecule has 0 bridgehead atoms. The van der Waals surface area contributed by atoms with Crippen LogP contribution in [0.15, 0.2) is 133 Å². The number of esters is 3. The minimum atomic E-state index is -3.02. The van der Waals surface area contributed by atoms with E-state index in [0.717, 1.165) is 11.1 Å². The summed E-state index contributed by atoms with van der Waals surface area (Å²) in [7, 11) is -3.02. The van der Waals surface area contributed by atoms with Crippen molar-refractivity contribution < 1.29 is 51.3 Å². The van der Waals surface area contributed by atoms with Crippen LogP contribution in [-0.2, 0) is 56.4 Å². The van der Waals surface area contributed by atoms with Crippen molar-refractivity contribution in [2.45, 2.75) is 76.4 Å². The summed E-state index contributed by atoms with van der Waals surface area (Å²) in [6.45, 7) is 0.925. The average molecular weight is 912 g/mol. The Morgan fingerprint density at radius 2 is 1.30 bits per heavy atom. The molecular formula is C53H50FNO10S. The molecule has 1 saturated heterocycles. The molecule has 3 atom stereocenters. The lowest BCUT2D eigenvalue weighted by molar-refractivity contribution is -0.185. The number of rotatable bonds is 18. The molecule has 1 fully saturated rings. The quantitative estimate of drug-likeness (QED) is 0.0228. The van der Waals surface area contributed by atoms with Gasteiger partial charge < -0.3 is 24.2 Å². The molecule has 1 aliphatic rings. The SMILES string of the molecule is CC(=O)O[C@@H](CC[C@H]1C(=O)N(c2ccc(C#CCCCCS(C)(=O)=O)cc2)[C@@H]1c1ccc(C#CCC(O)(C(=O)OCc2ccccc2)C(=O)OCc2ccccc2)cc1)c1ccc(F)cc1. The Hall–Kier alpha value is -7.06. The Labute approximate surface area is 384 Å². The monoisotopic (exact) mass is 911 g/mol. The molecule has 0 radical (unpaired) electrons. The van der Waals surface area contributed by atoms with Crippen LogP contribution in [-0.4, -0.2) is 54.9 Å². The van der Waals surface area contributed by atoms with Crippen LogP contribution in [0.25, 0.3) is 0 Å². The van der Waals surface area contributed by atoms with Crippen LogP contribution in [0, 0.1) is 35.4 Å². The van der Waals surface area contributed by atoms with Crippen molar-refractivity contribution >= 4 is 39.3 Å². The maximum atomic E-state index is 14.0. The standard InChI is InChI=1S/C53H50FNO10S/c1-38(56)65-48(43-26-28-45(54)29-27-43)33-32-47-49(55(50(47)57)46-30-22-39(23-31-46)14-7-3-4-12-35-66(2,61)62)44-24-20-40(21-25-44)19-13-34-53(60,51(58)63-36-41-15-8-5-9-16-41)52(59)64-37-42-17-10-6-11-18-42/h5-6,8-11,15-18,20-31,47-49,60H,3-4,12,32-37H2,1-2H3/t47-,48+,49-/m1/s1. The molecule has 0 unspecified atom stereocenters. The zero-order chi connectivity index (χ0) is 47.1. The summed E-state index contributed by atoms with van der Waals surface area (Å²) in [6, 6.07) is 37.2. The maximum absolute atomic E-state index is 14.0. The van der Waals surface area contributed by atoms with Crippen LogP contribution >= 0.6 is 0 Å². The highest BCUT2D eigenvalue weighted by atomic mass is 32.2. The summed E-state index contributed by atoms with van der Waals surface area (Å²) in [6.07, 6.45) is 2.24. The highest BCUT2D eigenvalue weighted by molar-refractivity contribution is 7.90. The van der Waals surface area contributed by atoms with Crippen LogP contribution in [0.1, 0.15) is 91.0 Å². The third-order valence-corrected chi connectivity index (χ3v) is 11.9. The van der Waals surface area contributed by atoms with Crippen LogP contribution in [0.3, 0.4) is 0 Å². The summed E-state index contributed by atoms with van der Waals surface area (Å²) in [5, 5.41) is 11.5. The molecule has 0 aromatic heterocycles. The van der Waals surface area contributed by atoms with Crippen molar-refractivity contribution in [2.24, 2.45) is 5.92 Å². The van der Waals surface area contributed by atoms with Gasteiger partial charge in [0.25, 0.3) is 5.60 Å². The predicted octanol–water partition coefficient (Wildman–Crippen LogP) is 8.14. The Balaban J connectivity index is 1.21. The van der Waals surface area contributed by atoms with Crippen LogP contribution in [0.5, 0.6) is 0 Å². The van der Waals surface area contributed by atoms with E-state index in [-0.39, 0.29) is 24.9 Å². The molecule has 11 nitrogen and oxygen atoms in total. The average Bonchev–Trinajstić information content (AvgIpc) is 3.31. The zero-order valence-electron chi connectivity index (χ0n) is 36.7. The first kappa shape index (κ1) is 48.4. The molecule has 0 aliphatic carbocycles. The van der Waals surface area contributed by atoms with Gasteiger partial charge >= 0.3 is 17.9 Å². The highest BCUT2D eigenvalue weighted by Gasteiger charge is 2.49. The Bertz CT molecular complexity index is 2650. The van der Waals surface area contributed by atoms with E-state index in [9.17, 15) is 37.1 Å². The number of aliphatic hydroxyl groups is 1. The van der Waals surface area contributed by atoms with Gasteiger partial charge in [-0.2, -0.15) is 0 Å². The summed E-state index contributed by atoms with van der Waals surface area (Å²) in [5.41, 5.74) is 1.82. The first-order valence-electron chi connectivity index (χ1n) is 21.5. The van der Waals surface area contributed by atoms with Crippen LogP contribution < -0.4 is 4.90 Å². The molecule has 5 aromatic carbocycles. The molecule has 0 saturated carbocycles. The van der Waals surface area contributed by atoms with E-state index in [2.05, 4.69) is 23.7 Å². The van der Waals surface area contributed by atoms with Gasteiger partial charge in [-0.3, -0.25) is 9.59 Å². The van der Waals surface area contributed by atoms with E-state index < -0.39 is 63.6 Å². The third-order valence-electron chi connectivity index (χ3n) is 10.9. The number of carbonyl (C=O) groups excluding carboxylic acids is 4. The lowest BCUT2D eigenvalue weighted by Gasteiger charge is -2.48. The number of anilines is 1.